The summed E-state index contributed by atoms with van der Waals surface area (Å²) < 4.78 is 14.9. The lowest BCUT2D eigenvalue weighted by molar-refractivity contribution is -0.116. The first kappa shape index (κ1) is 12.3. The van der Waals surface area contributed by atoms with E-state index in [1.54, 1.807) is 24.4 Å². The maximum atomic E-state index is 13.4. The quantitative estimate of drug-likeness (QED) is 0.904. The van der Waals surface area contributed by atoms with Crippen molar-refractivity contribution in [2.24, 2.45) is 0 Å². The Balaban J connectivity index is 2.05. The third kappa shape index (κ3) is 2.94. The number of rotatable bonds is 3. The van der Waals surface area contributed by atoms with Gasteiger partial charge in [-0.05, 0) is 37.6 Å². The van der Waals surface area contributed by atoms with E-state index in [0.717, 1.165) is 11.3 Å². The number of amides is 1. The van der Waals surface area contributed by atoms with Crippen molar-refractivity contribution in [2.75, 3.05) is 5.32 Å². The first-order valence-corrected chi connectivity index (χ1v) is 5.60. The van der Waals surface area contributed by atoms with E-state index in [1.807, 2.05) is 13.8 Å². The number of aryl methyl sites for hydroxylation is 2. The van der Waals surface area contributed by atoms with Crippen LogP contribution >= 0.6 is 0 Å². The molecule has 0 unspecified atom stereocenters. The zero-order valence-electron chi connectivity index (χ0n) is 10.3. The molecule has 0 aliphatic carbocycles. The van der Waals surface area contributed by atoms with E-state index >= 15 is 0 Å². The average Bonchev–Trinajstić information content (AvgIpc) is 2.69. The zero-order valence-corrected chi connectivity index (χ0v) is 10.3. The molecule has 0 fully saturated rings. The number of anilines is 1. The average molecular weight is 247 g/mol. The van der Waals surface area contributed by atoms with Crippen molar-refractivity contribution in [1.29, 1.82) is 0 Å². The van der Waals surface area contributed by atoms with Gasteiger partial charge in [-0.3, -0.25) is 9.48 Å². The lowest BCUT2D eigenvalue weighted by Gasteiger charge is -2.07. The van der Waals surface area contributed by atoms with Crippen LogP contribution in [-0.2, 0) is 11.3 Å². The van der Waals surface area contributed by atoms with Crippen molar-refractivity contribution in [3.63, 3.8) is 0 Å². The predicted molar refractivity (Wildman–Crippen MR) is 66.7 cm³/mol. The van der Waals surface area contributed by atoms with Crippen LogP contribution in [0, 0.1) is 19.7 Å². The number of hydrogen-bond acceptors (Lipinski definition) is 2. The second kappa shape index (κ2) is 5.00. The Hall–Kier alpha value is -2.17. The molecule has 0 saturated carbocycles. The monoisotopic (exact) mass is 247 g/mol. The van der Waals surface area contributed by atoms with Gasteiger partial charge in [-0.15, -0.1) is 0 Å². The number of benzene rings is 1. The smallest absolute Gasteiger partial charge is 0.246 e. The van der Waals surface area contributed by atoms with E-state index in [4.69, 9.17) is 0 Å². The standard InChI is InChI=1S/C13H14FN3O/c1-9-3-4-11(14)12(7-9)15-13(18)8-17-6-5-10(2)16-17/h3-7H,8H2,1-2H3,(H,15,18). The summed E-state index contributed by atoms with van der Waals surface area (Å²) in [5.41, 5.74) is 1.93. The number of halogens is 1. The molecule has 1 aromatic heterocycles. The van der Waals surface area contributed by atoms with Gasteiger partial charge >= 0.3 is 0 Å². The van der Waals surface area contributed by atoms with Crippen LogP contribution in [0.2, 0.25) is 0 Å². The van der Waals surface area contributed by atoms with Crippen LogP contribution in [0.3, 0.4) is 0 Å². The van der Waals surface area contributed by atoms with Crippen molar-refractivity contribution in [3.05, 3.63) is 47.5 Å². The molecule has 0 bridgehead atoms. The van der Waals surface area contributed by atoms with Crippen LogP contribution < -0.4 is 5.32 Å². The Morgan fingerprint density at radius 3 is 2.83 bits per heavy atom. The van der Waals surface area contributed by atoms with Crippen LogP contribution in [0.5, 0.6) is 0 Å². The Kier molecular flexibility index (Phi) is 3.41. The molecule has 1 N–H and O–H groups in total. The first-order chi connectivity index (χ1) is 8.54. The van der Waals surface area contributed by atoms with Gasteiger partial charge in [0.15, 0.2) is 0 Å². The van der Waals surface area contributed by atoms with Gasteiger partial charge in [0, 0.05) is 6.20 Å². The van der Waals surface area contributed by atoms with Crippen molar-refractivity contribution < 1.29 is 9.18 Å². The molecule has 2 rings (SSSR count). The summed E-state index contributed by atoms with van der Waals surface area (Å²) in [5.74, 6) is -0.742. The van der Waals surface area contributed by atoms with Gasteiger partial charge in [0.05, 0.1) is 11.4 Å². The second-order valence-corrected chi connectivity index (χ2v) is 4.19. The maximum Gasteiger partial charge on any atom is 0.246 e. The number of nitrogens with one attached hydrogen (secondary N) is 1. The van der Waals surface area contributed by atoms with Crippen LogP contribution in [0.15, 0.2) is 30.5 Å². The Morgan fingerprint density at radius 1 is 1.39 bits per heavy atom. The molecule has 5 heteroatoms. The third-order valence-electron chi connectivity index (χ3n) is 2.48. The van der Waals surface area contributed by atoms with Crippen molar-refractivity contribution in [2.45, 2.75) is 20.4 Å². The van der Waals surface area contributed by atoms with Crippen LogP contribution in [0.25, 0.3) is 0 Å². The normalized spacial score (nSPS) is 10.4. The lowest BCUT2D eigenvalue weighted by atomic mass is 10.2. The number of carbonyl (C=O) groups excluding carboxylic acids is 1. The largest absolute Gasteiger partial charge is 0.322 e. The summed E-state index contributed by atoms with van der Waals surface area (Å²) in [7, 11) is 0. The topological polar surface area (TPSA) is 46.9 Å². The summed E-state index contributed by atoms with van der Waals surface area (Å²) >= 11 is 0. The van der Waals surface area contributed by atoms with Gasteiger partial charge in [0.1, 0.15) is 12.4 Å². The molecule has 1 amide bonds. The highest BCUT2D eigenvalue weighted by atomic mass is 19.1. The molecule has 18 heavy (non-hydrogen) atoms. The summed E-state index contributed by atoms with van der Waals surface area (Å²) in [4.78, 5) is 11.7. The van der Waals surface area contributed by atoms with Crippen LogP contribution in [0.4, 0.5) is 10.1 Å². The summed E-state index contributed by atoms with van der Waals surface area (Å²) in [6.45, 7) is 3.75. The van der Waals surface area contributed by atoms with E-state index in [-0.39, 0.29) is 18.1 Å². The van der Waals surface area contributed by atoms with E-state index in [9.17, 15) is 9.18 Å². The molecule has 0 spiro atoms. The number of nitrogens with zero attached hydrogens (tertiary/aromatic N) is 2. The first-order valence-electron chi connectivity index (χ1n) is 5.60. The van der Waals surface area contributed by atoms with Crippen LogP contribution in [-0.4, -0.2) is 15.7 Å². The SMILES string of the molecule is Cc1ccc(F)c(NC(=O)Cn2ccc(C)n2)c1. The molecule has 0 saturated heterocycles. The zero-order chi connectivity index (χ0) is 13.1. The van der Waals surface area contributed by atoms with Crippen LogP contribution in [0.1, 0.15) is 11.3 Å². The number of carbonyl (C=O) groups is 1. The molecule has 0 aliphatic rings. The Morgan fingerprint density at radius 2 is 2.17 bits per heavy atom. The fourth-order valence-corrected chi connectivity index (χ4v) is 1.62. The fraction of sp³-hybridized carbons (Fsp3) is 0.231. The molecule has 4 nitrogen and oxygen atoms in total. The maximum absolute atomic E-state index is 13.4. The number of aromatic nitrogens is 2. The van der Waals surface area contributed by atoms with E-state index < -0.39 is 5.82 Å². The fourth-order valence-electron chi connectivity index (χ4n) is 1.62. The van der Waals surface area contributed by atoms with Gasteiger partial charge in [0.25, 0.3) is 0 Å². The minimum Gasteiger partial charge on any atom is -0.322 e. The molecule has 1 heterocycles. The highest BCUT2D eigenvalue weighted by Gasteiger charge is 2.08. The summed E-state index contributed by atoms with van der Waals surface area (Å²) in [6, 6.07) is 6.40. The van der Waals surface area contributed by atoms with Gasteiger partial charge in [-0.25, -0.2) is 4.39 Å². The second-order valence-electron chi connectivity index (χ2n) is 4.19. The molecule has 0 radical (unpaired) electrons. The van der Waals surface area contributed by atoms with Crippen molar-refractivity contribution >= 4 is 11.6 Å². The highest BCUT2D eigenvalue weighted by molar-refractivity contribution is 5.90. The lowest BCUT2D eigenvalue weighted by Crippen LogP contribution is -2.19. The molecule has 0 atom stereocenters. The molecule has 2 aromatic rings. The van der Waals surface area contributed by atoms with E-state index in [0.29, 0.717) is 0 Å². The van der Waals surface area contributed by atoms with Gasteiger partial charge < -0.3 is 5.32 Å². The van der Waals surface area contributed by atoms with E-state index in [2.05, 4.69) is 10.4 Å². The number of hydrogen-bond donors (Lipinski definition) is 1. The van der Waals surface area contributed by atoms with Crippen molar-refractivity contribution in [3.8, 4) is 0 Å². The molecular formula is C13H14FN3O. The van der Waals surface area contributed by atoms with Crippen molar-refractivity contribution in [1.82, 2.24) is 9.78 Å². The van der Waals surface area contributed by atoms with Gasteiger partial charge in [0.2, 0.25) is 5.91 Å². The predicted octanol–water partition coefficient (Wildman–Crippen LogP) is 2.28. The van der Waals surface area contributed by atoms with Gasteiger partial charge in [-0.1, -0.05) is 6.07 Å². The Bertz CT molecular complexity index is 577. The molecule has 1 aromatic carbocycles. The van der Waals surface area contributed by atoms with Gasteiger partial charge in [-0.2, -0.15) is 5.10 Å². The Labute approximate surface area is 104 Å². The minimum absolute atomic E-state index is 0.0707. The highest BCUT2D eigenvalue weighted by Crippen LogP contribution is 2.15. The summed E-state index contributed by atoms with van der Waals surface area (Å²) in [5, 5.41) is 6.63. The minimum atomic E-state index is -0.439. The third-order valence-corrected chi connectivity index (χ3v) is 2.48. The molecular weight excluding hydrogens is 233 g/mol. The van der Waals surface area contributed by atoms with E-state index in [1.165, 1.54) is 10.7 Å². The molecule has 0 aliphatic heterocycles. The molecule has 94 valence electrons. The summed E-state index contributed by atoms with van der Waals surface area (Å²) in [6.07, 6.45) is 1.71.